The first-order valence-electron chi connectivity index (χ1n) is 5.46. The third kappa shape index (κ3) is 4.63. The normalized spacial score (nSPS) is 16.2. The predicted molar refractivity (Wildman–Crippen MR) is 58.0 cm³/mol. The molecule has 0 aromatic heterocycles. The second kappa shape index (κ2) is 7.34. The maximum absolute atomic E-state index is 5.75. The fourth-order valence-corrected chi connectivity index (χ4v) is 1.75. The van der Waals surface area contributed by atoms with Gasteiger partial charge in [-0.3, -0.25) is 0 Å². The van der Waals surface area contributed by atoms with Crippen LogP contribution in [0.4, 0.5) is 0 Å². The van der Waals surface area contributed by atoms with Crippen LogP contribution in [0.5, 0.6) is 0 Å². The SMILES string of the molecule is CCCC(NC)C(OCC)C(C)C. The van der Waals surface area contributed by atoms with Gasteiger partial charge in [-0.05, 0) is 26.3 Å². The minimum absolute atomic E-state index is 0.356. The van der Waals surface area contributed by atoms with Crippen molar-refractivity contribution in [1.29, 1.82) is 0 Å². The van der Waals surface area contributed by atoms with Crippen molar-refractivity contribution in [2.45, 2.75) is 52.7 Å². The van der Waals surface area contributed by atoms with Gasteiger partial charge >= 0.3 is 0 Å². The minimum Gasteiger partial charge on any atom is -0.377 e. The zero-order valence-corrected chi connectivity index (χ0v) is 9.76. The van der Waals surface area contributed by atoms with E-state index in [1.54, 1.807) is 0 Å². The summed E-state index contributed by atoms with van der Waals surface area (Å²) in [5, 5.41) is 3.34. The molecule has 0 aliphatic rings. The van der Waals surface area contributed by atoms with Crippen LogP contribution in [-0.2, 0) is 4.74 Å². The Labute approximate surface area is 83.1 Å². The van der Waals surface area contributed by atoms with Crippen molar-refractivity contribution in [3.8, 4) is 0 Å². The Balaban J connectivity index is 4.11. The Morgan fingerprint density at radius 2 is 1.85 bits per heavy atom. The summed E-state index contributed by atoms with van der Waals surface area (Å²) in [6.07, 6.45) is 2.76. The van der Waals surface area contributed by atoms with Crippen LogP contribution in [0.15, 0.2) is 0 Å². The van der Waals surface area contributed by atoms with E-state index in [2.05, 4.69) is 33.0 Å². The first-order valence-corrected chi connectivity index (χ1v) is 5.46. The number of likely N-dealkylation sites (N-methyl/N-ethyl adjacent to an activating group) is 1. The zero-order chi connectivity index (χ0) is 10.3. The van der Waals surface area contributed by atoms with E-state index in [1.807, 2.05) is 7.05 Å². The van der Waals surface area contributed by atoms with Gasteiger partial charge in [-0.1, -0.05) is 27.2 Å². The molecule has 13 heavy (non-hydrogen) atoms. The first-order chi connectivity index (χ1) is 6.17. The van der Waals surface area contributed by atoms with E-state index in [1.165, 1.54) is 12.8 Å². The van der Waals surface area contributed by atoms with Gasteiger partial charge in [0.2, 0.25) is 0 Å². The summed E-state index contributed by atoms with van der Waals surface area (Å²) < 4.78 is 5.75. The molecule has 0 fully saturated rings. The van der Waals surface area contributed by atoms with E-state index >= 15 is 0 Å². The van der Waals surface area contributed by atoms with E-state index in [0.717, 1.165) is 6.61 Å². The van der Waals surface area contributed by atoms with Crippen molar-refractivity contribution in [3.63, 3.8) is 0 Å². The summed E-state index contributed by atoms with van der Waals surface area (Å²) in [6, 6.07) is 0.505. The average Bonchev–Trinajstić information content (AvgIpc) is 2.10. The van der Waals surface area contributed by atoms with Crippen LogP contribution in [0.1, 0.15) is 40.5 Å². The quantitative estimate of drug-likeness (QED) is 0.661. The van der Waals surface area contributed by atoms with Crippen LogP contribution >= 0.6 is 0 Å². The number of hydrogen-bond acceptors (Lipinski definition) is 2. The molecule has 0 amide bonds. The third-order valence-electron chi connectivity index (χ3n) is 2.38. The highest BCUT2D eigenvalue weighted by Crippen LogP contribution is 2.14. The minimum atomic E-state index is 0.356. The molecule has 1 N–H and O–H groups in total. The summed E-state index contributed by atoms with van der Waals surface area (Å²) in [6.45, 7) is 9.53. The number of hydrogen-bond donors (Lipinski definition) is 1. The molecule has 0 aliphatic carbocycles. The van der Waals surface area contributed by atoms with Gasteiger partial charge < -0.3 is 10.1 Å². The van der Waals surface area contributed by atoms with Crippen LogP contribution in [-0.4, -0.2) is 25.8 Å². The second-order valence-corrected chi connectivity index (χ2v) is 3.85. The lowest BCUT2D eigenvalue weighted by Gasteiger charge is -2.29. The van der Waals surface area contributed by atoms with Gasteiger partial charge in [0.15, 0.2) is 0 Å². The summed E-state index contributed by atoms with van der Waals surface area (Å²) >= 11 is 0. The fraction of sp³-hybridized carbons (Fsp3) is 1.00. The summed E-state index contributed by atoms with van der Waals surface area (Å²) in [4.78, 5) is 0. The Morgan fingerprint density at radius 3 is 2.15 bits per heavy atom. The van der Waals surface area contributed by atoms with Crippen molar-refractivity contribution in [2.24, 2.45) is 5.92 Å². The summed E-state index contributed by atoms with van der Waals surface area (Å²) in [7, 11) is 2.02. The fourth-order valence-electron chi connectivity index (χ4n) is 1.75. The molecular formula is C11H25NO. The van der Waals surface area contributed by atoms with E-state index < -0.39 is 0 Å². The Kier molecular flexibility index (Phi) is 7.29. The smallest absolute Gasteiger partial charge is 0.0750 e. The van der Waals surface area contributed by atoms with E-state index in [4.69, 9.17) is 4.74 Å². The van der Waals surface area contributed by atoms with Crippen LogP contribution in [0.25, 0.3) is 0 Å². The topological polar surface area (TPSA) is 21.3 Å². The molecule has 2 heteroatoms. The Morgan fingerprint density at radius 1 is 1.23 bits per heavy atom. The summed E-state index contributed by atoms with van der Waals surface area (Å²) in [5.74, 6) is 0.587. The zero-order valence-electron chi connectivity index (χ0n) is 9.76. The summed E-state index contributed by atoms with van der Waals surface area (Å²) in [5.41, 5.74) is 0. The molecule has 2 nitrogen and oxygen atoms in total. The van der Waals surface area contributed by atoms with Crippen molar-refractivity contribution >= 4 is 0 Å². The van der Waals surface area contributed by atoms with Gasteiger partial charge in [-0.2, -0.15) is 0 Å². The van der Waals surface area contributed by atoms with Crippen LogP contribution in [0, 0.1) is 5.92 Å². The van der Waals surface area contributed by atoms with Crippen LogP contribution in [0.2, 0.25) is 0 Å². The molecule has 0 aromatic rings. The highest BCUT2D eigenvalue weighted by molar-refractivity contribution is 4.77. The maximum Gasteiger partial charge on any atom is 0.0750 e. The van der Waals surface area contributed by atoms with Crippen molar-refractivity contribution in [1.82, 2.24) is 5.32 Å². The van der Waals surface area contributed by atoms with Gasteiger partial charge in [-0.15, -0.1) is 0 Å². The molecular weight excluding hydrogens is 162 g/mol. The molecule has 0 bridgehead atoms. The average molecular weight is 187 g/mol. The largest absolute Gasteiger partial charge is 0.377 e. The highest BCUT2D eigenvalue weighted by Gasteiger charge is 2.22. The molecule has 2 atom stereocenters. The Bertz CT molecular complexity index is 115. The standard InChI is InChI=1S/C11H25NO/c1-6-8-10(12-5)11(9(3)4)13-7-2/h9-12H,6-8H2,1-5H3. The lowest BCUT2D eigenvalue weighted by Crippen LogP contribution is -2.42. The lowest BCUT2D eigenvalue weighted by atomic mass is 9.96. The van der Waals surface area contributed by atoms with Gasteiger partial charge in [0.05, 0.1) is 6.10 Å². The number of nitrogens with one attached hydrogen (secondary N) is 1. The molecule has 0 saturated heterocycles. The molecule has 0 aromatic carbocycles. The Hall–Kier alpha value is -0.0800. The first kappa shape index (κ1) is 12.9. The van der Waals surface area contributed by atoms with E-state index in [9.17, 15) is 0 Å². The molecule has 0 radical (unpaired) electrons. The number of ether oxygens (including phenoxy) is 1. The molecule has 0 heterocycles. The number of rotatable bonds is 7. The van der Waals surface area contributed by atoms with Gasteiger partial charge in [-0.25, -0.2) is 0 Å². The van der Waals surface area contributed by atoms with Gasteiger partial charge in [0.25, 0.3) is 0 Å². The molecule has 0 saturated carbocycles. The van der Waals surface area contributed by atoms with Gasteiger partial charge in [0, 0.05) is 12.6 Å². The van der Waals surface area contributed by atoms with E-state index in [-0.39, 0.29) is 0 Å². The maximum atomic E-state index is 5.75. The van der Waals surface area contributed by atoms with Crippen LogP contribution < -0.4 is 5.32 Å². The monoisotopic (exact) mass is 187 g/mol. The van der Waals surface area contributed by atoms with Crippen LogP contribution in [0.3, 0.4) is 0 Å². The molecule has 0 rings (SSSR count). The molecule has 2 unspecified atom stereocenters. The third-order valence-corrected chi connectivity index (χ3v) is 2.38. The van der Waals surface area contributed by atoms with Crippen molar-refractivity contribution in [2.75, 3.05) is 13.7 Å². The van der Waals surface area contributed by atoms with E-state index in [0.29, 0.717) is 18.1 Å². The van der Waals surface area contributed by atoms with Crippen molar-refractivity contribution in [3.05, 3.63) is 0 Å². The second-order valence-electron chi connectivity index (χ2n) is 3.85. The highest BCUT2D eigenvalue weighted by atomic mass is 16.5. The lowest BCUT2D eigenvalue weighted by molar-refractivity contribution is 0.00313. The molecule has 0 aliphatic heterocycles. The van der Waals surface area contributed by atoms with Gasteiger partial charge in [0.1, 0.15) is 0 Å². The molecule has 80 valence electrons. The van der Waals surface area contributed by atoms with Crippen molar-refractivity contribution < 1.29 is 4.74 Å². The predicted octanol–water partition coefficient (Wildman–Crippen LogP) is 2.44. The molecule has 0 spiro atoms.